The Kier molecular flexibility index (Phi) is 28.9. The highest BCUT2D eigenvalue weighted by molar-refractivity contribution is 9.11. The minimum Gasteiger partial charge on any atom is -0.435 e. The van der Waals surface area contributed by atoms with Crippen LogP contribution >= 0.6 is 61.3 Å². The van der Waals surface area contributed by atoms with Gasteiger partial charge in [0.1, 0.15) is 48.7 Å². The van der Waals surface area contributed by atoms with Crippen LogP contribution in [0.3, 0.4) is 0 Å². The van der Waals surface area contributed by atoms with Crippen molar-refractivity contribution >= 4 is 106 Å². The van der Waals surface area contributed by atoms with E-state index in [0.717, 1.165) is 140 Å². The molecule has 0 aliphatic carbocycles. The van der Waals surface area contributed by atoms with Crippen LogP contribution in [-0.4, -0.2) is 179 Å². The van der Waals surface area contributed by atoms with E-state index in [2.05, 4.69) is 127 Å². The molecule has 38 heteroatoms. The predicted molar refractivity (Wildman–Crippen MR) is 384 cm³/mol. The van der Waals surface area contributed by atoms with E-state index in [1.54, 1.807) is 49.1 Å². The summed E-state index contributed by atoms with van der Waals surface area (Å²) in [6.07, 6.45) is 11.7. The molecule has 2 aromatic carbocycles. The fraction of sp³-hybridized carbons (Fsp3) is 0.415. The molecule has 0 saturated carbocycles. The second-order valence-corrected chi connectivity index (χ2v) is 29.4. The number of halogens is 5. The lowest BCUT2D eigenvalue weighted by molar-refractivity contribution is -0.129. The van der Waals surface area contributed by atoms with Crippen LogP contribution in [0.25, 0.3) is 0 Å². The van der Waals surface area contributed by atoms with Gasteiger partial charge in [-0.1, -0.05) is 46.9 Å². The number of carbonyl (C=O) groups excluding carboxylic acids is 2. The van der Waals surface area contributed by atoms with Crippen LogP contribution in [0.5, 0.6) is 11.5 Å². The highest BCUT2D eigenvalue weighted by atomic mass is 79.9. The molecular weight excluding hydrogens is 1480 g/mol. The molecule has 103 heavy (non-hydrogen) atoms. The number of anilines is 6. The second-order valence-electron chi connectivity index (χ2n) is 23.8. The highest BCUT2D eigenvalue weighted by Gasteiger charge is 2.30. The first kappa shape index (κ1) is 76.5. The number of nitrogen functional groups attached to an aromatic ring is 2. The zero-order chi connectivity index (χ0) is 72.5. The van der Waals surface area contributed by atoms with Gasteiger partial charge in [0.25, 0.3) is 0 Å². The Bertz CT molecular complexity index is 4010. The maximum atomic E-state index is 12.8. The first-order chi connectivity index (χ1) is 50.0. The van der Waals surface area contributed by atoms with Gasteiger partial charge in [-0.2, -0.15) is 38.0 Å². The van der Waals surface area contributed by atoms with Crippen molar-refractivity contribution in [1.29, 1.82) is 0 Å². The average Bonchev–Trinajstić information content (AvgIpc) is 1.80. The summed E-state index contributed by atoms with van der Waals surface area (Å²) in [5.74, 6) is 4.56. The number of hydrogen-bond donors (Lipinski definition) is 3. The number of hydrogen-bond acceptors (Lipinski definition) is 33. The van der Waals surface area contributed by atoms with E-state index in [4.69, 9.17) is 26.7 Å². The number of rotatable bonds is 24. The predicted octanol–water partition coefficient (Wildman–Crippen LogP) is 8.87. The third-order valence-electron chi connectivity index (χ3n) is 16.4. The van der Waals surface area contributed by atoms with Gasteiger partial charge in [-0.3, -0.25) is 9.59 Å². The van der Waals surface area contributed by atoms with Crippen molar-refractivity contribution in [3.63, 3.8) is 0 Å². The Morgan fingerprint density at radius 3 is 1.14 bits per heavy atom. The van der Waals surface area contributed by atoms with Crippen LogP contribution in [0.1, 0.15) is 74.1 Å². The van der Waals surface area contributed by atoms with E-state index in [1.807, 2.05) is 48.5 Å². The van der Waals surface area contributed by atoms with E-state index in [-0.39, 0.29) is 35.9 Å². The minimum atomic E-state index is -2.94. The Morgan fingerprint density at radius 2 is 0.825 bits per heavy atom. The molecule has 4 aliphatic rings. The number of Topliss-reactive ketones (excluding diaryl/α,β-unsaturated/α-hetero) is 2. The van der Waals surface area contributed by atoms with E-state index < -0.39 is 25.4 Å². The normalized spacial score (nSPS) is 17.5. The topological polar surface area (TPSA) is 368 Å². The molecule has 14 rings (SSSR count). The summed E-state index contributed by atoms with van der Waals surface area (Å²) in [5.41, 5.74) is 17.4. The number of carbonyl (C=O) groups is 2. The number of benzene rings is 2. The zero-order valence-electron chi connectivity index (χ0n) is 55.8. The number of nitrogens with two attached hydrogens (primary N) is 3. The fourth-order valence-corrected chi connectivity index (χ4v) is 15.3. The number of nitrogens with zero attached hydrogens (tertiary/aromatic N) is 20. The van der Waals surface area contributed by atoms with Gasteiger partial charge >= 0.3 is 13.2 Å². The molecule has 0 bridgehead atoms. The Balaban J connectivity index is 0.000000151. The largest absolute Gasteiger partial charge is 0.435 e. The highest BCUT2D eigenvalue weighted by Crippen LogP contribution is 2.32. The van der Waals surface area contributed by atoms with E-state index in [1.165, 1.54) is 83.8 Å². The number of ether oxygens (including phenoxy) is 4. The third-order valence-corrected chi connectivity index (χ3v) is 20.2. The summed E-state index contributed by atoms with van der Waals surface area (Å²) in [7, 11) is 2.80. The number of alkyl halides is 4. The molecule has 0 amide bonds. The molecule has 0 spiro atoms. The summed E-state index contributed by atoms with van der Waals surface area (Å²) >= 11 is 8.71. The summed E-state index contributed by atoms with van der Waals surface area (Å²) in [6, 6.07) is 27.6. The van der Waals surface area contributed by atoms with Crippen molar-refractivity contribution in [3.8, 4) is 11.5 Å². The van der Waals surface area contributed by atoms with Crippen LogP contribution in [0.4, 0.5) is 51.1 Å². The Hall–Kier alpha value is -9.18. The molecule has 8 aromatic heterocycles. The second kappa shape index (κ2) is 38.9. The monoisotopic (exact) mass is 1560 g/mol. The molecule has 4 aliphatic heterocycles. The Morgan fingerprint density at radius 1 is 0.466 bits per heavy atom. The smallest absolute Gasteiger partial charge is 0.387 e. The first-order valence-corrected chi connectivity index (χ1v) is 36.6. The van der Waals surface area contributed by atoms with Gasteiger partial charge in [0, 0.05) is 117 Å². The maximum absolute atomic E-state index is 12.8. The summed E-state index contributed by atoms with van der Waals surface area (Å²) < 4.78 is 70.2. The summed E-state index contributed by atoms with van der Waals surface area (Å²) in [4.78, 5) is 34.5. The molecule has 544 valence electrons. The summed E-state index contributed by atoms with van der Waals surface area (Å²) in [6.45, 7) is 1.61. The summed E-state index contributed by atoms with van der Waals surface area (Å²) in [5, 5.41) is 69.0. The van der Waals surface area contributed by atoms with Gasteiger partial charge in [-0.25, -0.2) is 0 Å². The standard InChI is InChI=1S/2C22H23F2N5O3S.C11H14N6S.C8H12N4.C2H2BrN3S/c2*1-31-21(15-4-2-5-16(11-15)32-22(23)24)17(30)12-20-28-27-19(33-20)10-14-7-9-29(13-14)18-6-3-8-25-26-18;12-11-16-15-10(18-11)6-8-3-5-17(7-8)9-2-1-4-13-14-9;9-7-3-5-12(6-7)8-2-1-4-10-11-8;3-1-5-6-2(4)7-1/h2*2-6,8,11,14,21-22H,7,9-10,12-13H2,1H3;1-2,4,8H,3,5-7H2,(H2,12,16);1-2,4,7H,3,5-6,9H2;(H2,4,6)/t14-,21+;14-,21-;8-;7-;/m0001./s1. The lowest BCUT2D eigenvalue weighted by Crippen LogP contribution is -2.26. The molecule has 6 atom stereocenters. The molecule has 0 unspecified atom stereocenters. The lowest BCUT2D eigenvalue weighted by Gasteiger charge is -2.16. The van der Waals surface area contributed by atoms with Gasteiger partial charge in [0.05, 0.1) is 12.8 Å². The van der Waals surface area contributed by atoms with E-state index >= 15 is 0 Å². The first-order valence-electron chi connectivity index (χ1n) is 32.5. The lowest BCUT2D eigenvalue weighted by atomic mass is 10.0. The molecule has 4 fully saturated rings. The van der Waals surface area contributed by atoms with Crippen LogP contribution in [-0.2, 0) is 51.2 Å². The fourth-order valence-electron chi connectivity index (χ4n) is 11.8. The molecule has 6 N–H and O–H groups in total. The van der Waals surface area contributed by atoms with Crippen LogP contribution in [0, 0.1) is 17.8 Å². The molecule has 0 radical (unpaired) electrons. The van der Waals surface area contributed by atoms with Gasteiger partial charge < -0.3 is 55.7 Å². The van der Waals surface area contributed by atoms with Gasteiger partial charge in [-0.15, -0.1) is 83.9 Å². The number of methoxy groups -OCH3 is 2. The van der Waals surface area contributed by atoms with E-state index in [0.29, 0.717) is 55.2 Å². The van der Waals surface area contributed by atoms with Gasteiger partial charge in [0.2, 0.25) is 10.3 Å². The minimum absolute atomic E-state index is 0.0253. The maximum Gasteiger partial charge on any atom is 0.387 e. The molecule has 4 saturated heterocycles. The van der Waals surface area contributed by atoms with Gasteiger partial charge in [-0.05, 0) is 143 Å². The van der Waals surface area contributed by atoms with Crippen molar-refractivity contribution in [2.45, 2.75) is 89.3 Å². The van der Waals surface area contributed by atoms with E-state index in [9.17, 15) is 27.2 Å². The van der Waals surface area contributed by atoms with Crippen molar-refractivity contribution < 1.29 is 46.1 Å². The van der Waals surface area contributed by atoms with Crippen molar-refractivity contribution in [2.24, 2.45) is 23.5 Å². The van der Waals surface area contributed by atoms with Crippen molar-refractivity contribution in [1.82, 2.24) is 81.6 Å². The number of aromatic nitrogens is 16. The third kappa shape index (κ3) is 23.9. The van der Waals surface area contributed by atoms with Gasteiger partial charge in [0.15, 0.2) is 38.8 Å². The van der Waals surface area contributed by atoms with Crippen molar-refractivity contribution in [3.05, 3.63) is 162 Å². The zero-order valence-corrected chi connectivity index (χ0v) is 60.7. The molecule has 29 nitrogen and oxygen atoms in total. The molecular formula is C65H74BrF4N23O6S4. The SMILES string of the molecule is CO[C@@H](C(=O)Cc1nnc(C[C@@H]2CCN(c3cccnn3)C2)s1)c1cccc(OC(F)F)c1.CO[C@H](C(=O)Cc1nnc(C[C@@H]2CCN(c3cccnn3)C2)s1)c1cccc(OC(F)F)c1.N[C@@H]1CCN(c2cccnn2)C1.Nc1nnc(Br)s1.Nc1nnc(C[C@@H]2CCN(c3cccnn3)C2)s1. The van der Waals surface area contributed by atoms with Crippen LogP contribution < -0.4 is 46.3 Å². The average molecular weight is 1560 g/mol. The van der Waals surface area contributed by atoms with Crippen LogP contribution in [0.2, 0.25) is 0 Å². The van der Waals surface area contributed by atoms with Crippen LogP contribution in [0.15, 0.2) is 126 Å². The number of ketones is 2. The molecule has 10 aromatic rings. The quantitative estimate of drug-likeness (QED) is 0.0475. The molecule has 12 heterocycles. The Labute approximate surface area is 614 Å². The van der Waals surface area contributed by atoms with Crippen molar-refractivity contribution in [2.75, 3.05) is 97.6 Å².